The highest BCUT2D eigenvalue weighted by atomic mass is 16.2. The van der Waals surface area contributed by atoms with E-state index < -0.39 is 0 Å². The van der Waals surface area contributed by atoms with E-state index in [0.717, 1.165) is 5.69 Å². The Labute approximate surface area is 125 Å². The fourth-order valence-electron chi connectivity index (χ4n) is 2.19. The van der Waals surface area contributed by atoms with Gasteiger partial charge in [0.25, 0.3) is 5.91 Å². The molecule has 0 fully saturated rings. The molecule has 0 bridgehead atoms. The predicted octanol–water partition coefficient (Wildman–Crippen LogP) is 3.10. The molecule has 108 valence electrons. The second-order valence-electron chi connectivity index (χ2n) is 5.01. The number of amides is 1. The highest BCUT2D eigenvalue weighted by molar-refractivity contribution is 5.94. The molecule has 0 N–H and O–H groups in total. The summed E-state index contributed by atoms with van der Waals surface area (Å²) < 4.78 is 1.99. The van der Waals surface area contributed by atoms with Gasteiger partial charge in [0.15, 0.2) is 0 Å². The van der Waals surface area contributed by atoms with E-state index in [1.807, 2.05) is 67.2 Å². The highest BCUT2D eigenvalue weighted by Gasteiger charge is 2.16. The molecule has 0 aliphatic rings. The van der Waals surface area contributed by atoms with Gasteiger partial charge in [0, 0.05) is 36.7 Å². The molecule has 0 radical (unpaired) electrons. The number of benzene rings is 1. The summed E-state index contributed by atoms with van der Waals surface area (Å²) in [6.45, 7) is 4.82. The molecule has 1 amide bonds. The van der Waals surface area contributed by atoms with Crippen LogP contribution in [-0.4, -0.2) is 28.5 Å². The molecule has 4 heteroatoms. The van der Waals surface area contributed by atoms with Crippen LogP contribution < -0.4 is 0 Å². The van der Waals surface area contributed by atoms with Crippen LogP contribution in [0.4, 0.5) is 0 Å². The summed E-state index contributed by atoms with van der Waals surface area (Å²) in [7, 11) is 0. The molecular weight excluding hydrogens is 262 g/mol. The van der Waals surface area contributed by atoms with E-state index in [0.29, 0.717) is 18.7 Å². The molecule has 1 aromatic carbocycles. The number of nitriles is 1. The first-order valence-electron chi connectivity index (χ1n) is 7.08. The fraction of sp³-hybridized carbons (Fsp3) is 0.294. The van der Waals surface area contributed by atoms with Crippen LogP contribution in [0.3, 0.4) is 0 Å². The minimum absolute atomic E-state index is 0.0290. The number of rotatable bonds is 5. The van der Waals surface area contributed by atoms with Crippen molar-refractivity contribution in [2.24, 2.45) is 5.92 Å². The zero-order valence-electron chi connectivity index (χ0n) is 12.4. The van der Waals surface area contributed by atoms with Crippen molar-refractivity contribution in [3.8, 4) is 11.8 Å². The van der Waals surface area contributed by atoms with E-state index in [1.165, 1.54) is 0 Å². The molecule has 2 aromatic rings. The molecule has 0 aliphatic carbocycles. The zero-order chi connectivity index (χ0) is 15.2. The largest absolute Gasteiger partial charge is 0.338 e. The third-order valence-corrected chi connectivity index (χ3v) is 3.40. The number of nitrogens with zero attached hydrogens (tertiary/aromatic N) is 3. The first kappa shape index (κ1) is 14.9. The van der Waals surface area contributed by atoms with E-state index in [2.05, 4.69) is 6.07 Å². The Balaban J connectivity index is 2.14. The lowest BCUT2D eigenvalue weighted by atomic mass is 10.1. The molecule has 2 rings (SSSR count). The SMILES string of the molecule is CCN(CC(C)C#N)C(=O)c1ccc(-n2cccc2)cc1. The first-order chi connectivity index (χ1) is 10.2. The van der Waals surface area contributed by atoms with Crippen LogP contribution in [0.5, 0.6) is 0 Å². The van der Waals surface area contributed by atoms with Crippen molar-refractivity contribution in [1.82, 2.24) is 9.47 Å². The summed E-state index contributed by atoms with van der Waals surface area (Å²) in [4.78, 5) is 14.1. The number of aromatic nitrogens is 1. The Morgan fingerprint density at radius 3 is 2.43 bits per heavy atom. The Hall–Kier alpha value is -2.54. The number of carbonyl (C=O) groups is 1. The number of carbonyl (C=O) groups excluding carboxylic acids is 1. The van der Waals surface area contributed by atoms with Crippen LogP contribution >= 0.6 is 0 Å². The molecule has 1 heterocycles. The monoisotopic (exact) mass is 281 g/mol. The van der Waals surface area contributed by atoms with Gasteiger partial charge in [0.2, 0.25) is 0 Å². The standard InChI is InChI=1S/C17H19N3O/c1-3-19(13-14(2)12-18)17(21)15-6-8-16(9-7-15)20-10-4-5-11-20/h4-11,14H,3,13H2,1-2H3. The molecule has 1 atom stereocenters. The Bertz CT molecular complexity index is 623. The second-order valence-corrected chi connectivity index (χ2v) is 5.01. The van der Waals surface area contributed by atoms with Crippen LogP contribution in [0.2, 0.25) is 0 Å². The smallest absolute Gasteiger partial charge is 0.253 e. The van der Waals surface area contributed by atoms with E-state index in [1.54, 1.807) is 4.90 Å². The van der Waals surface area contributed by atoms with Gasteiger partial charge in [-0.15, -0.1) is 0 Å². The Kier molecular flexibility index (Phi) is 4.78. The molecular formula is C17H19N3O. The van der Waals surface area contributed by atoms with Crippen molar-refractivity contribution in [2.45, 2.75) is 13.8 Å². The van der Waals surface area contributed by atoms with Gasteiger partial charge in [0.1, 0.15) is 0 Å². The van der Waals surface area contributed by atoms with Crippen molar-refractivity contribution in [3.05, 3.63) is 54.4 Å². The summed E-state index contributed by atoms with van der Waals surface area (Å²) in [5.74, 6) is -0.188. The average Bonchev–Trinajstić information content (AvgIpc) is 3.06. The highest BCUT2D eigenvalue weighted by Crippen LogP contribution is 2.12. The van der Waals surface area contributed by atoms with Crippen molar-refractivity contribution >= 4 is 5.91 Å². The normalized spacial score (nSPS) is 11.7. The van der Waals surface area contributed by atoms with E-state index in [9.17, 15) is 4.79 Å². The molecule has 1 unspecified atom stereocenters. The quantitative estimate of drug-likeness (QED) is 0.845. The molecule has 0 aliphatic heterocycles. The molecule has 1 aromatic heterocycles. The lowest BCUT2D eigenvalue weighted by Crippen LogP contribution is -2.34. The Morgan fingerprint density at radius 1 is 1.29 bits per heavy atom. The second kappa shape index (κ2) is 6.76. The zero-order valence-corrected chi connectivity index (χ0v) is 12.4. The topological polar surface area (TPSA) is 49.0 Å². The van der Waals surface area contributed by atoms with Gasteiger partial charge >= 0.3 is 0 Å². The van der Waals surface area contributed by atoms with Crippen molar-refractivity contribution in [3.63, 3.8) is 0 Å². The predicted molar refractivity (Wildman–Crippen MR) is 82.1 cm³/mol. The number of hydrogen-bond acceptors (Lipinski definition) is 2. The molecule has 21 heavy (non-hydrogen) atoms. The molecule has 0 saturated carbocycles. The summed E-state index contributed by atoms with van der Waals surface area (Å²) in [5, 5.41) is 8.88. The minimum Gasteiger partial charge on any atom is -0.338 e. The fourth-order valence-corrected chi connectivity index (χ4v) is 2.19. The van der Waals surface area contributed by atoms with Crippen LogP contribution in [-0.2, 0) is 0 Å². The maximum atomic E-state index is 12.4. The first-order valence-corrected chi connectivity index (χ1v) is 7.08. The number of hydrogen-bond donors (Lipinski definition) is 0. The average molecular weight is 281 g/mol. The van der Waals surface area contributed by atoms with Gasteiger partial charge in [-0.1, -0.05) is 0 Å². The van der Waals surface area contributed by atoms with Crippen molar-refractivity contribution in [2.75, 3.05) is 13.1 Å². The van der Waals surface area contributed by atoms with Crippen LogP contribution in [0, 0.1) is 17.2 Å². The third-order valence-electron chi connectivity index (χ3n) is 3.40. The summed E-state index contributed by atoms with van der Waals surface area (Å²) >= 11 is 0. The summed E-state index contributed by atoms with van der Waals surface area (Å²) in [6.07, 6.45) is 3.92. The lowest BCUT2D eigenvalue weighted by Gasteiger charge is -2.22. The maximum absolute atomic E-state index is 12.4. The minimum atomic E-state index is -0.159. The van der Waals surface area contributed by atoms with Gasteiger partial charge in [-0.2, -0.15) is 5.26 Å². The summed E-state index contributed by atoms with van der Waals surface area (Å²) in [5.41, 5.74) is 1.67. The van der Waals surface area contributed by atoms with E-state index >= 15 is 0 Å². The van der Waals surface area contributed by atoms with Crippen LogP contribution in [0.15, 0.2) is 48.8 Å². The van der Waals surface area contributed by atoms with Gasteiger partial charge in [-0.3, -0.25) is 4.79 Å². The molecule has 0 saturated heterocycles. The Morgan fingerprint density at radius 2 is 1.90 bits per heavy atom. The maximum Gasteiger partial charge on any atom is 0.253 e. The van der Waals surface area contributed by atoms with Crippen LogP contribution in [0.25, 0.3) is 5.69 Å². The molecule has 0 spiro atoms. The van der Waals surface area contributed by atoms with Crippen LogP contribution in [0.1, 0.15) is 24.2 Å². The summed E-state index contributed by atoms with van der Waals surface area (Å²) in [6, 6.07) is 13.6. The molecule has 4 nitrogen and oxygen atoms in total. The van der Waals surface area contributed by atoms with E-state index in [-0.39, 0.29) is 11.8 Å². The van der Waals surface area contributed by atoms with Gasteiger partial charge < -0.3 is 9.47 Å². The van der Waals surface area contributed by atoms with E-state index in [4.69, 9.17) is 5.26 Å². The van der Waals surface area contributed by atoms with Gasteiger partial charge in [0.05, 0.1) is 12.0 Å². The third kappa shape index (κ3) is 3.51. The lowest BCUT2D eigenvalue weighted by molar-refractivity contribution is 0.0752. The van der Waals surface area contributed by atoms with Crippen molar-refractivity contribution < 1.29 is 4.79 Å². The van der Waals surface area contributed by atoms with Gasteiger partial charge in [-0.05, 0) is 50.2 Å². The van der Waals surface area contributed by atoms with Crippen molar-refractivity contribution in [1.29, 1.82) is 5.26 Å². The van der Waals surface area contributed by atoms with Gasteiger partial charge in [-0.25, -0.2) is 0 Å².